The van der Waals surface area contributed by atoms with Crippen LogP contribution in [-0.2, 0) is 16.1 Å². The second-order valence-corrected chi connectivity index (χ2v) is 6.40. The van der Waals surface area contributed by atoms with Gasteiger partial charge < -0.3 is 20.3 Å². The molecule has 2 atom stereocenters. The van der Waals surface area contributed by atoms with E-state index in [1.54, 1.807) is 6.07 Å². The molecule has 1 heterocycles. The number of hydrogen-bond donors (Lipinski definition) is 3. The summed E-state index contributed by atoms with van der Waals surface area (Å²) in [6.07, 6.45) is 3.21. The van der Waals surface area contributed by atoms with Crippen molar-refractivity contribution in [3.8, 4) is 0 Å². The predicted octanol–water partition coefficient (Wildman–Crippen LogP) is 2.51. The van der Waals surface area contributed by atoms with Crippen LogP contribution in [0.3, 0.4) is 0 Å². The summed E-state index contributed by atoms with van der Waals surface area (Å²) in [5.41, 5.74) is 1.67. The molecule has 3 N–H and O–H groups in total. The number of aliphatic hydroxyl groups is 1. The number of amides is 2. The molecule has 1 aromatic heterocycles. The largest absolute Gasteiger partial charge is 0.391 e. The lowest BCUT2D eigenvalue weighted by Gasteiger charge is -2.17. The third-order valence-corrected chi connectivity index (χ3v) is 4.47. The molecule has 0 saturated carbocycles. The molecule has 1 aromatic carbocycles. The average Bonchev–Trinajstić information content (AvgIpc) is 3.01. The van der Waals surface area contributed by atoms with Crippen molar-refractivity contribution in [2.24, 2.45) is 5.92 Å². The highest BCUT2D eigenvalue weighted by Gasteiger charge is 2.18. The van der Waals surface area contributed by atoms with Crippen LogP contribution in [-0.4, -0.2) is 34.1 Å². The topological polar surface area (TPSA) is 83.4 Å². The first-order chi connectivity index (χ1) is 12.0. The van der Waals surface area contributed by atoms with E-state index < -0.39 is 17.9 Å². The number of hydrogen-bond acceptors (Lipinski definition) is 3. The van der Waals surface area contributed by atoms with Crippen LogP contribution in [0.1, 0.15) is 33.6 Å². The summed E-state index contributed by atoms with van der Waals surface area (Å²) in [4.78, 5) is 23.9. The molecule has 6 heteroatoms. The van der Waals surface area contributed by atoms with E-state index in [-0.39, 0.29) is 12.5 Å². The number of anilines is 1. The predicted molar refractivity (Wildman–Crippen MR) is 99.3 cm³/mol. The molecule has 2 amide bonds. The third-order valence-electron chi connectivity index (χ3n) is 4.47. The van der Waals surface area contributed by atoms with Gasteiger partial charge >= 0.3 is 11.8 Å². The summed E-state index contributed by atoms with van der Waals surface area (Å²) >= 11 is 0. The Kier molecular flexibility index (Phi) is 6.58. The quantitative estimate of drug-likeness (QED) is 0.674. The van der Waals surface area contributed by atoms with E-state index in [4.69, 9.17) is 0 Å². The SMILES string of the molecule is CCCn1ccc2cc(NC(=O)C(=O)NC[C@H](O)[C@H](C)CC)ccc21. The minimum absolute atomic E-state index is 0.0675. The zero-order valence-corrected chi connectivity index (χ0v) is 15.1. The Morgan fingerprint density at radius 1 is 1.20 bits per heavy atom. The van der Waals surface area contributed by atoms with Crippen LogP contribution in [0.4, 0.5) is 5.69 Å². The average molecular weight is 345 g/mol. The lowest BCUT2D eigenvalue weighted by atomic mass is 10.0. The smallest absolute Gasteiger partial charge is 0.313 e. The second-order valence-electron chi connectivity index (χ2n) is 6.40. The number of carbonyl (C=O) groups excluding carboxylic acids is 2. The Bertz CT molecular complexity index is 739. The van der Waals surface area contributed by atoms with E-state index in [0.717, 1.165) is 30.3 Å². The van der Waals surface area contributed by atoms with Crippen molar-refractivity contribution in [1.29, 1.82) is 0 Å². The van der Waals surface area contributed by atoms with Crippen LogP contribution in [0.25, 0.3) is 10.9 Å². The number of benzene rings is 1. The maximum Gasteiger partial charge on any atom is 0.313 e. The molecule has 25 heavy (non-hydrogen) atoms. The van der Waals surface area contributed by atoms with Crippen LogP contribution >= 0.6 is 0 Å². The minimum atomic E-state index is -0.744. The number of nitrogens with one attached hydrogen (secondary N) is 2. The highest BCUT2D eigenvalue weighted by atomic mass is 16.3. The number of aliphatic hydroxyl groups excluding tert-OH is 1. The Morgan fingerprint density at radius 2 is 1.96 bits per heavy atom. The standard InChI is InChI=1S/C19H27N3O3/c1-4-9-22-10-8-14-11-15(6-7-16(14)22)21-19(25)18(24)20-12-17(23)13(3)5-2/h6-8,10-11,13,17,23H,4-5,9,12H2,1-3H3,(H,20,24)(H,21,25)/t13-,17+/m1/s1. The normalized spacial score (nSPS) is 13.4. The number of aromatic nitrogens is 1. The van der Waals surface area contributed by atoms with Crippen LogP contribution in [0.2, 0.25) is 0 Å². The lowest BCUT2D eigenvalue weighted by Crippen LogP contribution is -2.41. The van der Waals surface area contributed by atoms with E-state index in [0.29, 0.717) is 5.69 Å². The van der Waals surface area contributed by atoms with Gasteiger partial charge in [0.25, 0.3) is 0 Å². The van der Waals surface area contributed by atoms with Crippen LogP contribution in [0.15, 0.2) is 30.5 Å². The molecule has 0 fully saturated rings. The van der Waals surface area contributed by atoms with E-state index in [2.05, 4.69) is 22.1 Å². The minimum Gasteiger partial charge on any atom is -0.391 e. The summed E-state index contributed by atoms with van der Waals surface area (Å²) in [5, 5.41) is 15.9. The van der Waals surface area contributed by atoms with Gasteiger partial charge in [0.2, 0.25) is 0 Å². The Labute approximate surface area is 148 Å². The van der Waals surface area contributed by atoms with Gasteiger partial charge in [-0.3, -0.25) is 9.59 Å². The number of fused-ring (bicyclic) bond motifs is 1. The zero-order valence-electron chi connectivity index (χ0n) is 15.1. The van der Waals surface area contributed by atoms with Gasteiger partial charge in [-0.05, 0) is 36.6 Å². The maximum atomic E-state index is 12.0. The first-order valence-corrected chi connectivity index (χ1v) is 8.82. The molecule has 0 aliphatic carbocycles. The summed E-state index contributed by atoms with van der Waals surface area (Å²) < 4.78 is 2.16. The van der Waals surface area contributed by atoms with Crippen LogP contribution in [0.5, 0.6) is 0 Å². The highest BCUT2D eigenvalue weighted by Crippen LogP contribution is 2.20. The van der Waals surface area contributed by atoms with Crippen molar-refractivity contribution in [2.45, 2.75) is 46.3 Å². The summed E-state index contributed by atoms with van der Waals surface area (Å²) in [6.45, 7) is 7.00. The van der Waals surface area contributed by atoms with Crippen molar-refractivity contribution in [3.05, 3.63) is 30.5 Å². The van der Waals surface area contributed by atoms with Crippen molar-refractivity contribution in [3.63, 3.8) is 0 Å². The fourth-order valence-electron chi connectivity index (χ4n) is 2.65. The molecule has 0 radical (unpaired) electrons. The molecular weight excluding hydrogens is 318 g/mol. The first-order valence-electron chi connectivity index (χ1n) is 8.82. The second kappa shape index (κ2) is 8.67. The lowest BCUT2D eigenvalue weighted by molar-refractivity contribution is -0.136. The van der Waals surface area contributed by atoms with Gasteiger partial charge in [-0.2, -0.15) is 0 Å². The van der Waals surface area contributed by atoms with E-state index in [1.165, 1.54) is 0 Å². The van der Waals surface area contributed by atoms with Gasteiger partial charge in [-0.15, -0.1) is 0 Å². The number of nitrogens with zero attached hydrogens (tertiary/aromatic N) is 1. The molecule has 0 aliphatic heterocycles. The molecule has 0 unspecified atom stereocenters. The van der Waals surface area contributed by atoms with E-state index in [1.807, 2.05) is 38.2 Å². The van der Waals surface area contributed by atoms with E-state index >= 15 is 0 Å². The molecule has 136 valence electrons. The molecular formula is C19H27N3O3. The van der Waals surface area contributed by atoms with Gasteiger partial charge in [-0.1, -0.05) is 27.2 Å². The fourth-order valence-corrected chi connectivity index (χ4v) is 2.65. The maximum absolute atomic E-state index is 12.0. The number of carbonyl (C=O) groups is 2. The van der Waals surface area contributed by atoms with Crippen molar-refractivity contribution < 1.29 is 14.7 Å². The summed E-state index contributed by atoms with van der Waals surface area (Å²) in [6, 6.07) is 7.56. The van der Waals surface area contributed by atoms with Gasteiger partial charge in [0.1, 0.15) is 0 Å². The molecule has 2 aromatic rings. The molecule has 6 nitrogen and oxygen atoms in total. The third kappa shape index (κ3) is 4.82. The fraction of sp³-hybridized carbons (Fsp3) is 0.474. The first kappa shape index (κ1) is 19.0. The highest BCUT2D eigenvalue weighted by molar-refractivity contribution is 6.39. The van der Waals surface area contributed by atoms with Gasteiger partial charge in [0, 0.05) is 35.9 Å². The van der Waals surface area contributed by atoms with Crippen molar-refractivity contribution >= 4 is 28.4 Å². The molecule has 0 bridgehead atoms. The van der Waals surface area contributed by atoms with Gasteiger partial charge in [-0.25, -0.2) is 0 Å². The zero-order chi connectivity index (χ0) is 18.4. The van der Waals surface area contributed by atoms with Crippen LogP contribution < -0.4 is 10.6 Å². The number of rotatable bonds is 7. The molecule has 0 aliphatic rings. The Balaban J connectivity index is 1.95. The molecule has 0 spiro atoms. The Hall–Kier alpha value is -2.34. The molecule has 2 rings (SSSR count). The summed E-state index contributed by atoms with van der Waals surface area (Å²) in [5.74, 6) is -1.41. The van der Waals surface area contributed by atoms with Crippen molar-refractivity contribution in [1.82, 2.24) is 9.88 Å². The Morgan fingerprint density at radius 3 is 2.64 bits per heavy atom. The van der Waals surface area contributed by atoms with Crippen molar-refractivity contribution in [2.75, 3.05) is 11.9 Å². The van der Waals surface area contributed by atoms with Gasteiger partial charge in [0.15, 0.2) is 0 Å². The van der Waals surface area contributed by atoms with E-state index in [9.17, 15) is 14.7 Å². The molecule has 0 saturated heterocycles. The van der Waals surface area contributed by atoms with Crippen LogP contribution in [0, 0.1) is 5.92 Å². The summed E-state index contributed by atoms with van der Waals surface area (Å²) in [7, 11) is 0. The van der Waals surface area contributed by atoms with Gasteiger partial charge in [0.05, 0.1) is 6.10 Å². The number of aryl methyl sites for hydroxylation is 1. The monoisotopic (exact) mass is 345 g/mol.